The van der Waals surface area contributed by atoms with Crippen LogP contribution < -0.4 is 0 Å². The van der Waals surface area contributed by atoms with E-state index in [1.54, 1.807) is 36.4 Å². The molecule has 0 N–H and O–H groups in total. The summed E-state index contributed by atoms with van der Waals surface area (Å²) in [5.74, 6) is 0. The first kappa shape index (κ1) is 16.8. The van der Waals surface area contributed by atoms with Gasteiger partial charge >= 0.3 is 0 Å². The van der Waals surface area contributed by atoms with E-state index in [9.17, 15) is 4.11 Å². The van der Waals surface area contributed by atoms with Gasteiger partial charge in [-0.05, 0) is 90.2 Å². The summed E-state index contributed by atoms with van der Waals surface area (Å²) in [5.41, 5.74) is 3.30. The quantitative estimate of drug-likeness (QED) is 0.188. The molecule has 1 heteroatoms. The van der Waals surface area contributed by atoms with Crippen LogP contribution in [0.2, 0.25) is 0 Å². The minimum Gasteiger partial charge on any atom is -0.456 e. The molecule has 1 heterocycles. The molecular formula is C44H28O. The van der Waals surface area contributed by atoms with Gasteiger partial charge in [0.1, 0.15) is 11.2 Å². The van der Waals surface area contributed by atoms with Crippen LogP contribution in [0, 0.1) is 0 Å². The standard InChI is InChI=1S/C44H28O/c1-2-11-29(12-3-1)30-21-23-31(24-22-30)43-36-16-4-6-18-38(36)44(39-19-7-5-17-37(39)43)34-14-10-13-32(27-34)33-25-26-42-40(28-33)35-15-8-9-20-41(35)45-42/h1-28H/i8D,9D,15D,20D,21D,22D,23D,24D,25D,26D,28D. The molecule has 0 aliphatic rings. The fourth-order valence-corrected chi connectivity index (χ4v) is 6.17. The van der Waals surface area contributed by atoms with E-state index < -0.39 is 18.1 Å². The monoisotopic (exact) mass is 583 g/mol. The summed E-state index contributed by atoms with van der Waals surface area (Å²) in [5, 5.41) is 2.97. The zero-order valence-electron chi connectivity index (χ0n) is 34.7. The van der Waals surface area contributed by atoms with Crippen LogP contribution in [0.5, 0.6) is 0 Å². The van der Waals surface area contributed by atoms with Crippen LogP contribution in [0.1, 0.15) is 15.1 Å². The fourth-order valence-electron chi connectivity index (χ4n) is 6.17. The van der Waals surface area contributed by atoms with Crippen LogP contribution in [0.25, 0.3) is 88.0 Å². The van der Waals surface area contributed by atoms with Crippen LogP contribution in [-0.2, 0) is 0 Å². The third kappa shape index (κ3) is 4.24. The Balaban J connectivity index is 1.32. The third-order valence-corrected chi connectivity index (χ3v) is 8.19. The summed E-state index contributed by atoms with van der Waals surface area (Å²) >= 11 is 0. The molecule has 45 heavy (non-hydrogen) atoms. The molecule has 1 nitrogen and oxygen atoms in total. The fraction of sp³-hybridized carbons (Fsp3) is 0. The maximum absolute atomic E-state index is 9.33. The van der Waals surface area contributed by atoms with E-state index in [4.69, 9.17) is 15.4 Å². The lowest BCUT2D eigenvalue weighted by atomic mass is 9.85. The van der Waals surface area contributed by atoms with Gasteiger partial charge in [0.05, 0.1) is 15.1 Å². The van der Waals surface area contributed by atoms with Gasteiger partial charge in [0, 0.05) is 10.8 Å². The molecule has 9 rings (SSSR count). The minimum absolute atomic E-state index is 0.0134. The first-order valence-corrected chi connectivity index (χ1v) is 14.5. The average Bonchev–Trinajstić information content (AvgIpc) is 3.63. The summed E-state index contributed by atoms with van der Waals surface area (Å²) in [6.45, 7) is 0. The van der Waals surface area contributed by atoms with Crippen LogP contribution >= 0.6 is 0 Å². The molecule has 0 fully saturated rings. The molecule has 9 aromatic rings. The van der Waals surface area contributed by atoms with Crippen molar-refractivity contribution in [3.05, 3.63) is 170 Å². The predicted molar refractivity (Wildman–Crippen MR) is 190 cm³/mol. The lowest BCUT2D eigenvalue weighted by molar-refractivity contribution is 0.669. The van der Waals surface area contributed by atoms with Gasteiger partial charge in [-0.25, -0.2) is 0 Å². The van der Waals surface area contributed by atoms with Gasteiger partial charge in [-0.1, -0.05) is 145 Å². The molecule has 0 spiro atoms. The Hall–Kier alpha value is -5.92. The average molecular weight is 584 g/mol. The Morgan fingerprint density at radius 1 is 0.356 bits per heavy atom. The van der Waals surface area contributed by atoms with Crippen molar-refractivity contribution in [3.8, 4) is 44.5 Å². The highest BCUT2D eigenvalue weighted by molar-refractivity contribution is 6.21. The summed E-state index contributed by atoms with van der Waals surface area (Å²) in [6.07, 6.45) is 0. The first-order chi connectivity index (χ1) is 26.9. The maximum Gasteiger partial charge on any atom is 0.135 e. The Kier molecular flexibility index (Phi) is 3.87. The molecule has 0 bridgehead atoms. The number of benzene rings is 8. The third-order valence-electron chi connectivity index (χ3n) is 8.19. The van der Waals surface area contributed by atoms with Crippen molar-refractivity contribution in [2.75, 3.05) is 0 Å². The zero-order valence-corrected chi connectivity index (χ0v) is 23.7. The van der Waals surface area contributed by atoms with Gasteiger partial charge in [0.2, 0.25) is 0 Å². The normalized spacial score (nSPS) is 15.0. The van der Waals surface area contributed by atoms with Crippen LogP contribution in [-0.4, -0.2) is 0 Å². The van der Waals surface area contributed by atoms with Gasteiger partial charge in [0.15, 0.2) is 0 Å². The summed E-state index contributed by atoms with van der Waals surface area (Å²) in [4.78, 5) is 0. The number of fused-ring (bicyclic) bond motifs is 5. The molecule has 0 saturated carbocycles. The highest BCUT2D eigenvalue weighted by Crippen LogP contribution is 2.44. The van der Waals surface area contributed by atoms with E-state index in [1.165, 1.54) is 0 Å². The molecule has 210 valence electrons. The number of hydrogen-bond donors (Lipinski definition) is 0. The van der Waals surface area contributed by atoms with Gasteiger partial charge in [-0.3, -0.25) is 0 Å². The van der Waals surface area contributed by atoms with Gasteiger partial charge in [-0.15, -0.1) is 0 Å². The number of furan rings is 1. The summed E-state index contributed by atoms with van der Waals surface area (Å²) in [7, 11) is 0. The van der Waals surface area contributed by atoms with E-state index in [2.05, 4.69) is 0 Å². The van der Waals surface area contributed by atoms with Crippen molar-refractivity contribution in [2.45, 2.75) is 0 Å². The highest BCUT2D eigenvalue weighted by atomic mass is 16.3. The van der Waals surface area contributed by atoms with Gasteiger partial charge in [-0.2, -0.15) is 0 Å². The minimum atomic E-state index is -0.494. The Labute approximate surface area is 277 Å². The van der Waals surface area contributed by atoms with Crippen LogP contribution in [0.3, 0.4) is 0 Å². The molecule has 0 unspecified atom stereocenters. The van der Waals surface area contributed by atoms with Gasteiger partial charge < -0.3 is 4.42 Å². The first-order valence-electron chi connectivity index (χ1n) is 20.0. The Morgan fingerprint density at radius 2 is 0.889 bits per heavy atom. The van der Waals surface area contributed by atoms with Crippen LogP contribution in [0.4, 0.5) is 0 Å². The van der Waals surface area contributed by atoms with E-state index in [0.717, 1.165) is 16.3 Å². The number of hydrogen-bond acceptors (Lipinski definition) is 1. The van der Waals surface area contributed by atoms with Crippen molar-refractivity contribution < 1.29 is 19.5 Å². The molecule has 0 atom stereocenters. The number of para-hydroxylation sites is 1. The topological polar surface area (TPSA) is 13.1 Å². The van der Waals surface area contributed by atoms with Crippen molar-refractivity contribution in [2.24, 2.45) is 0 Å². The molecule has 0 radical (unpaired) electrons. The molecular weight excluding hydrogens is 544 g/mol. The van der Waals surface area contributed by atoms with Crippen molar-refractivity contribution in [1.29, 1.82) is 0 Å². The van der Waals surface area contributed by atoms with Crippen molar-refractivity contribution >= 4 is 43.5 Å². The molecule has 0 aliphatic heterocycles. The van der Waals surface area contributed by atoms with Gasteiger partial charge in [0.25, 0.3) is 0 Å². The predicted octanol–water partition coefficient (Wildman–Crippen LogP) is 12.6. The SMILES string of the molecule is [2H]c1c([2H])c(-c2c3ccccc3c(-c3cccc(-c4c([2H])c([2H])c5oc6c([2H])c([2H])c([2H])c([2H])c6c5c4[2H])c3)c3ccccc23)c([2H])c([2H])c1-c1ccccc1. The highest BCUT2D eigenvalue weighted by Gasteiger charge is 2.17. The smallest absolute Gasteiger partial charge is 0.135 e. The van der Waals surface area contributed by atoms with E-state index >= 15 is 0 Å². The molecule has 0 saturated heterocycles. The zero-order chi connectivity index (χ0) is 39.3. The molecule has 1 aromatic heterocycles. The Morgan fingerprint density at radius 3 is 1.60 bits per heavy atom. The lowest BCUT2D eigenvalue weighted by Crippen LogP contribution is -1.91. The summed E-state index contributed by atoms with van der Waals surface area (Å²) in [6, 6.07) is 28.2. The van der Waals surface area contributed by atoms with E-state index in [1.807, 2.05) is 66.7 Å². The lowest BCUT2D eigenvalue weighted by Gasteiger charge is -2.18. The van der Waals surface area contributed by atoms with Crippen LogP contribution in [0.15, 0.2) is 174 Å². The molecule has 0 aliphatic carbocycles. The molecule has 8 aromatic carbocycles. The van der Waals surface area contributed by atoms with Crippen molar-refractivity contribution in [1.82, 2.24) is 0 Å². The maximum atomic E-state index is 9.33. The van der Waals surface area contributed by atoms with Crippen molar-refractivity contribution in [3.63, 3.8) is 0 Å². The summed E-state index contributed by atoms with van der Waals surface area (Å²) < 4.78 is 103. The second-order valence-corrected chi connectivity index (χ2v) is 10.8. The number of rotatable bonds is 4. The second-order valence-electron chi connectivity index (χ2n) is 10.8. The molecule has 0 amide bonds. The van der Waals surface area contributed by atoms with E-state index in [0.29, 0.717) is 33.0 Å². The largest absolute Gasteiger partial charge is 0.456 e. The Bertz CT molecular complexity index is 3070. The second kappa shape index (κ2) is 10.4. The van der Waals surface area contributed by atoms with E-state index in [-0.39, 0.29) is 87.0 Å².